The Morgan fingerprint density at radius 3 is 2.75 bits per heavy atom. The second-order valence-electron chi connectivity index (χ2n) is 4.92. The number of nitrogens with one attached hydrogen (secondary N) is 1. The Morgan fingerprint density at radius 2 is 2.15 bits per heavy atom. The molecule has 20 heavy (non-hydrogen) atoms. The van der Waals surface area contributed by atoms with E-state index in [2.05, 4.69) is 12.2 Å². The Labute approximate surface area is 124 Å². The van der Waals surface area contributed by atoms with Gasteiger partial charge in [-0.25, -0.2) is 0 Å². The molecular weight excluding hydrogens is 274 g/mol. The minimum absolute atomic E-state index is 0.0755. The zero-order valence-electron chi connectivity index (χ0n) is 11.9. The molecule has 1 unspecified atom stereocenters. The smallest absolute Gasteiger partial charge is 0.303 e. The first-order valence-electron chi connectivity index (χ1n) is 7.12. The van der Waals surface area contributed by atoms with Crippen molar-refractivity contribution in [3.05, 3.63) is 22.4 Å². The Morgan fingerprint density at radius 1 is 1.35 bits per heavy atom. The molecule has 1 aromatic rings. The third-order valence-electron chi connectivity index (χ3n) is 3.40. The van der Waals surface area contributed by atoms with Crippen LogP contribution in [-0.2, 0) is 16.0 Å². The van der Waals surface area contributed by atoms with Gasteiger partial charge in [-0.2, -0.15) is 0 Å². The molecular formula is C15H23NO3S. The summed E-state index contributed by atoms with van der Waals surface area (Å²) in [7, 11) is 0. The number of hydrogen-bond donors (Lipinski definition) is 2. The van der Waals surface area contributed by atoms with Crippen LogP contribution in [0.4, 0.5) is 0 Å². The van der Waals surface area contributed by atoms with Crippen molar-refractivity contribution in [2.45, 2.75) is 45.4 Å². The monoisotopic (exact) mass is 297 g/mol. The van der Waals surface area contributed by atoms with E-state index in [0.29, 0.717) is 25.3 Å². The first-order valence-corrected chi connectivity index (χ1v) is 8.00. The van der Waals surface area contributed by atoms with Crippen molar-refractivity contribution in [1.29, 1.82) is 0 Å². The van der Waals surface area contributed by atoms with E-state index in [-0.39, 0.29) is 12.3 Å². The Balaban J connectivity index is 2.11. The highest BCUT2D eigenvalue weighted by Crippen LogP contribution is 2.15. The minimum Gasteiger partial charge on any atom is -0.481 e. The lowest BCUT2D eigenvalue weighted by atomic mass is 9.96. The van der Waals surface area contributed by atoms with Gasteiger partial charge in [-0.15, -0.1) is 11.3 Å². The molecule has 0 aliphatic carbocycles. The maximum absolute atomic E-state index is 11.7. The van der Waals surface area contributed by atoms with Crippen molar-refractivity contribution in [3.63, 3.8) is 0 Å². The lowest BCUT2D eigenvalue weighted by Crippen LogP contribution is -2.26. The number of aryl methyl sites for hydroxylation is 1. The fourth-order valence-electron chi connectivity index (χ4n) is 2.08. The molecule has 0 fully saturated rings. The average Bonchev–Trinajstić information content (AvgIpc) is 2.93. The molecule has 0 radical (unpaired) electrons. The average molecular weight is 297 g/mol. The Hall–Kier alpha value is -1.36. The van der Waals surface area contributed by atoms with Gasteiger partial charge < -0.3 is 10.4 Å². The van der Waals surface area contributed by atoms with E-state index in [1.165, 1.54) is 4.88 Å². The second-order valence-corrected chi connectivity index (χ2v) is 5.96. The minimum atomic E-state index is -0.747. The maximum atomic E-state index is 11.7. The SMILES string of the molecule is CCC(CCNC(=O)CCc1cccs1)CCC(=O)O. The molecule has 0 saturated heterocycles. The predicted octanol–water partition coefficient (Wildman–Crippen LogP) is 3.08. The van der Waals surface area contributed by atoms with Gasteiger partial charge in [-0.3, -0.25) is 9.59 Å². The van der Waals surface area contributed by atoms with E-state index < -0.39 is 5.97 Å². The Kier molecular flexibility index (Phi) is 7.95. The van der Waals surface area contributed by atoms with Crippen LogP contribution in [-0.4, -0.2) is 23.5 Å². The van der Waals surface area contributed by atoms with E-state index in [9.17, 15) is 9.59 Å². The summed E-state index contributed by atoms with van der Waals surface area (Å²) in [6.07, 6.45) is 4.03. The Bertz CT molecular complexity index is 403. The zero-order valence-corrected chi connectivity index (χ0v) is 12.7. The van der Waals surface area contributed by atoms with Gasteiger partial charge in [-0.05, 0) is 36.6 Å². The number of carbonyl (C=O) groups is 2. The predicted molar refractivity (Wildman–Crippen MR) is 80.9 cm³/mol. The maximum Gasteiger partial charge on any atom is 0.303 e. The van der Waals surface area contributed by atoms with Crippen LogP contribution in [0.3, 0.4) is 0 Å². The molecule has 4 nitrogen and oxygen atoms in total. The van der Waals surface area contributed by atoms with Gasteiger partial charge in [0, 0.05) is 24.3 Å². The summed E-state index contributed by atoms with van der Waals surface area (Å²) in [6, 6.07) is 4.03. The highest BCUT2D eigenvalue weighted by atomic mass is 32.1. The van der Waals surface area contributed by atoms with Gasteiger partial charge in [0.25, 0.3) is 0 Å². The standard InChI is InChI=1S/C15H23NO3S/c1-2-12(5-8-15(18)19)9-10-16-14(17)7-6-13-4-3-11-20-13/h3-4,11-12H,2,5-10H2,1H3,(H,16,17)(H,18,19). The van der Waals surface area contributed by atoms with Crippen LogP contribution >= 0.6 is 11.3 Å². The number of hydrogen-bond acceptors (Lipinski definition) is 3. The molecule has 0 aromatic carbocycles. The highest BCUT2D eigenvalue weighted by Gasteiger charge is 2.09. The van der Waals surface area contributed by atoms with Gasteiger partial charge in [-0.1, -0.05) is 19.4 Å². The van der Waals surface area contributed by atoms with E-state index in [4.69, 9.17) is 5.11 Å². The van der Waals surface area contributed by atoms with Crippen molar-refractivity contribution < 1.29 is 14.7 Å². The van der Waals surface area contributed by atoms with E-state index in [1.54, 1.807) is 11.3 Å². The molecule has 1 heterocycles. The quantitative estimate of drug-likeness (QED) is 0.697. The number of carboxylic acids is 1. The van der Waals surface area contributed by atoms with E-state index in [0.717, 1.165) is 19.3 Å². The van der Waals surface area contributed by atoms with Crippen molar-refractivity contribution in [2.24, 2.45) is 5.92 Å². The van der Waals surface area contributed by atoms with E-state index >= 15 is 0 Å². The lowest BCUT2D eigenvalue weighted by molar-refractivity contribution is -0.137. The van der Waals surface area contributed by atoms with Crippen LogP contribution in [0.15, 0.2) is 17.5 Å². The molecule has 112 valence electrons. The van der Waals surface area contributed by atoms with Crippen molar-refractivity contribution >= 4 is 23.2 Å². The number of aliphatic carboxylic acids is 1. The topological polar surface area (TPSA) is 66.4 Å². The summed E-state index contributed by atoms with van der Waals surface area (Å²) >= 11 is 1.67. The van der Waals surface area contributed by atoms with Gasteiger partial charge in [0.15, 0.2) is 0 Å². The molecule has 1 atom stereocenters. The molecule has 5 heteroatoms. The fraction of sp³-hybridized carbons (Fsp3) is 0.600. The van der Waals surface area contributed by atoms with Gasteiger partial charge in [0.05, 0.1) is 0 Å². The van der Waals surface area contributed by atoms with Gasteiger partial charge in [0.1, 0.15) is 0 Å². The van der Waals surface area contributed by atoms with Crippen molar-refractivity contribution in [2.75, 3.05) is 6.54 Å². The van der Waals surface area contributed by atoms with Crippen molar-refractivity contribution in [3.8, 4) is 0 Å². The summed E-state index contributed by atoms with van der Waals surface area (Å²) in [5.74, 6) is -0.293. The van der Waals surface area contributed by atoms with Crippen LogP contribution in [0, 0.1) is 5.92 Å². The fourth-order valence-corrected chi connectivity index (χ4v) is 2.78. The molecule has 0 spiro atoms. The third-order valence-corrected chi connectivity index (χ3v) is 4.33. The van der Waals surface area contributed by atoms with Crippen LogP contribution in [0.5, 0.6) is 0 Å². The second kappa shape index (κ2) is 9.53. The van der Waals surface area contributed by atoms with Crippen LogP contribution < -0.4 is 5.32 Å². The summed E-state index contributed by atoms with van der Waals surface area (Å²) in [5, 5.41) is 13.6. The molecule has 1 rings (SSSR count). The number of carbonyl (C=O) groups excluding carboxylic acids is 1. The molecule has 2 N–H and O–H groups in total. The number of rotatable bonds is 10. The number of amides is 1. The van der Waals surface area contributed by atoms with Crippen molar-refractivity contribution in [1.82, 2.24) is 5.32 Å². The first kappa shape index (κ1) is 16.7. The normalized spacial score (nSPS) is 12.1. The first-order chi connectivity index (χ1) is 9.61. The zero-order chi connectivity index (χ0) is 14.8. The summed E-state index contributed by atoms with van der Waals surface area (Å²) < 4.78 is 0. The highest BCUT2D eigenvalue weighted by molar-refractivity contribution is 7.09. The number of thiophene rings is 1. The number of carboxylic acid groups (broad SMARTS) is 1. The van der Waals surface area contributed by atoms with Crippen LogP contribution in [0.2, 0.25) is 0 Å². The summed E-state index contributed by atoms with van der Waals surface area (Å²) in [5.41, 5.74) is 0. The molecule has 0 aliphatic heterocycles. The molecule has 0 aliphatic rings. The summed E-state index contributed by atoms with van der Waals surface area (Å²) in [6.45, 7) is 2.70. The molecule has 1 aromatic heterocycles. The van der Waals surface area contributed by atoms with Crippen LogP contribution in [0.25, 0.3) is 0 Å². The molecule has 0 bridgehead atoms. The van der Waals surface area contributed by atoms with Gasteiger partial charge >= 0.3 is 5.97 Å². The van der Waals surface area contributed by atoms with Gasteiger partial charge in [0.2, 0.25) is 5.91 Å². The molecule has 1 amide bonds. The van der Waals surface area contributed by atoms with Crippen LogP contribution in [0.1, 0.15) is 43.9 Å². The molecule has 0 saturated carbocycles. The third kappa shape index (κ3) is 7.28. The summed E-state index contributed by atoms with van der Waals surface area (Å²) in [4.78, 5) is 23.4. The lowest BCUT2D eigenvalue weighted by Gasteiger charge is -2.13. The largest absolute Gasteiger partial charge is 0.481 e. The van der Waals surface area contributed by atoms with E-state index in [1.807, 2.05) is 17.5 Å².